The summed E-state index contributed by atoms with van der Waals surface area (Å²) in [7, 11) is -3.76. The number of hydrogen-bond acceptors (Lipinski definition) is 4. The SMILES string of the molecule is NS(=O)(=O)c1ccc(NC(=O)c2ccc(Br)c(O)c2)cc1. The molecule has 0 aromatic heterocycles. The van der Waals surface area contributed by atoms with Gasteiger partial charge >= 0.3 is 0 Å². The van der Waals surface area contributed by atoms with Gasteiger partial charge in [-0.15, -0.1) is 0 Å². The minimum Gasteiger partial charge on any atom is -0.507 e. The van der Waals surface area contributed by atoms with Crippen molar-refractivity contribution >= 4 is 37.5 Å². The van der Waals surface area contributed by atoms with Gasteiger partial charge in [-0.1, -0.05) is 0 Å². The molecule has 0 bridgehead atoms. The summed E-state index contributed by atoms with van der Waals surface area (Å²) in [5, 5.41) is 17.1. The number of rotatable bonds is 3. The minimum absolute atomic E-state index is 0.0400. The number of amides is 1. The molecule has 21 heavy (non-hydrogen) atoms. The van der Waals surface area contributed by atoms with E-state index in [4.69, 9.17) is 5.14 Å². The third-order valence-corrected chi connectivity index (χ3v) is 4.25. The number of phenols is 1. The van der Waals surface area contributed by atoms with Gasteiger partial charge in [0.2, 0.25) is 10.0 Å². The van der Waals surface area contributed by atoms with Crippen molar-refractivity contribution in [2.75, 3.05) is 5.32 Å². The lowest BCUT2D eigenvalue weighted by atomic mass is 10.2. The van der Waals surface area contributed by atoms with Crippen LogP contribution in [-0.4, -0.2) is 19.4 Å². The summed E-state index contributed by atoms with van der Waals surface area (Å²) in [6.45, 7) is 0. The average Bonchev–Trinajstić information content (AvgIpc) is 2.41. The number of aromatic hydroxyl groups is 1. The highest BCUT2D eigenvalue weighted by Crippen LogP contribution is 2.24. The van der Waals surface area contributed by atoms with Crippen LogP contribution in [0, 0.1) is 0 Å². The van der Waals surface area contributed by atoms with Crippen molar-refractivity contribution in [1.29, 1.82) is 0 Å². The van der Waals surface area contributed by atoms with Crippen LogP contribution in [0.15, 0.2) is 51.8 Å². The molecule has 0 spiro atoms. The number of anilines is 1. The highest BCUT2D eigenvalue weighted by atomic mass is 79.9. The van der Waals surface area contributed by atoms with Gasteiger partial charge in [0, 0.05) is 11.3 Å². The number of halogens is 1. The maximum Gasteiger partial charge on any atom is 0.255 e. The number of sulfonamides is 1. The molecule has 0 fully saturated rings. The molecule has 0 aliphatic rings. The summed E-state index contributed by atoms with van der Waals surface area (Å²) in [5.74, 6) is -0.478. The Hall–Kier alpha value is -1.90. The zero-order chi connectivity index (χ0) is 15.6. The quantitative estimate of drug-likeness (QED) is 0.767. The first-order valence-electron chi connectivity index (χ1n) is 5.70. The summed E-state index contributed by atoms with van der Waals surface area (Å²) in [4.78, 5) is 11.9. The van der Waals surface area contributed by atoms with Gasteiger partial charge in [0.15, 0.2) is 0 Å². The van der Waals surface area contributed by atoms with Crippen LogP contribution in [0.2, 0.25) is 0 Å². The second-order valence-corrected chi connectivity index (χ2v) is 6.61. The lowest BCUT2D eigenvalue weighted by Gasteiger charge is -2.07. The van der Waals surface area contributed by atoms with Gasteiger partial charge in [0.05, 0.1) is 9.37 Å². The maximum absolute atomic E-state index is 12.0. The molecule has 6 nitrogen and oxygen atoms in total. The molecule has 0 saturated carbocycles. The Morgan fingerprint density at radius 3 is 2.29 bits per heavy atom. The smallest absolute Gasteiger partial charge is 0.255 e. The van der Waals surface area contributed by atoms with Gasteiger partial charge in [0.1, 0.15) is 5.75 Å². The molecule has 0 heterocycles. The third kappa shape index (κ3) is 3.81. The van der Waals surface area contributed by atoms with Gasteiger partial charge in [-0.2, -0.15) is 0 Å². The zero-order valence-corrected chi connectivity index (χ0v) is 13.0. The summed E-state index contributed by atoms with van der Waals surface area (Å²) in [5.41, 5.74) is 0.682. The number of nitrogens with two attached hydrogens (primary N) is 1. The number of carbonyl (C=O) groups excluding carboxylic acids is 1. The standard InChI is InChI=1S/C13H11BrN2O4S/c14-11-6-1-8(7-12(11)17)13(18)16-9-2-4-10(5-3-9)21(15,19)20/h1-7,17H,(H,16,18)(H2,15,19,20). The lowest BCUT2D eigenvalue weighted by Crippen LogP contribution is -2.13. The first kappa shape index (κ1) is 15.5. The lowest BCUT2D eigenvalue weighted by molar-refractivity contribution is 0.102. The molecule has 2 aromatic carbocycles. The molecular formula is C13H11BrN2O4S. The van der Waals surface area contributed by atoms with Gasteiger partial charge < -0.3 is 10.4 Å². The maximum atomic E-state index is 12.0. The molecule has 0 radical (unpaired) electrons. The van der Waals surface area contributed by atoms with E-state index in [9.17, 15) is 18.3 Å². The molecule has 0 atom stereocenters. The second-order valence-electron chi connectivity index (χ2n) is 4.19. The van der Waals surface area contributed by atoms with Crippen LogP contribution in [0.25, 0.3) is 0 Å². The van der Waals surface area contributed by atoms with E-state index in [0.29, 0.717) is 10.2 Å². The van der Waals surface area contributed by atoms with E-state index in [0.717, 1.165) is 0 Å². The van der Waals surface area contributed by atoms with E-state index in [2.05, 4.69) is 21.2 Å². The molecule has 0 aliphatic carbocycles. The Morgan fingerprint density at radius 1 is 1.14 bits per heavy atom. The van der Waals surface area contributed by atoms with E-state index in [1.165, 1.54) is 36.4 Å². The van der Waals surface area contributed by atoms with Crippen LogP contribution >= 0.6 is 15.9 Å². The van der Waals surface area contributed by atoms with E-state index < -0.39 is 15.9 Å². The normalized spacial score (nSPS) is 11.1. The summed E-state index contributed by atoms with van der Waals surface area (Å²) >= 11 is 3.12. The number of benzene rings is 2. The van der Waals surface area contributed by atoms with E-state index in [1.54, 1.807) is 6.07 Å². The average molecular weight is 371 g/mol. The molecule has 110 valence electrons. The van der Waals surface area contributed by atoms with Crippen LogP contribution in [0.3, 0.4) is 0 Å². The van der Waals surface area contributed by atoms with Gasteiger partial charge in [-0.05, 0) is 58.4 Å². The Balaban J connectivity index is 2.18. The van der Waals surface area contributed by atoms with Crippen molar-refractivity contribution in [2.45, 2.75) is 4.90 Å². The molecule has 8 heteroatoms. The molecule has 2 aromatic rings. The van der Waals surface area contributed by atoms with Gasteiger partial charge in [-0.25, -0.2) is 13.6 Å². The fourth-order valence-electron chi connectivity index (χ4n) is 1.59. The Labute approximate surface area is 129 Å². The first-order valence-corrected chi connectivity index (χ1v) is 8.04. The molecule has 4 N–H and O–H groups in total. The topological polar surface area (TPSA) is 109 Å². The number of nitrogens with one attached hydrogen (secondary N) is 1. The van der Waals surface area contributed by atoms with Crippen LogP contribution < -0.4 is 10.5 Å². The fourth-order valence-corrected chi connectivity index (χ4v) is 2.35. The second kappa shape index (κ2) is 5.84. The first-order chi connectivity index (χ1) is 9.77. The predicted molar refractivity (Wildman–Crippen MR) is 81.6 cm³/mol. The largest absolute Gasteiger partial charge is 0.507 e. The predicted octanol–water partition coefficient (Wildman–Crippen LogP) is 2.05. The van der Waals surface area contributed by atoms with E-state index in [1.807, 2.05) is 0 Å². The molecule has 0 aliphatic heterocycles. The summed E-state index contributed by atoms with van der Waals surface area (Å²) in [6, 6.07) is 9.85. The molecule has 0 unspecified atom stereocenters. The summed E-state index contributed by atoms with van der Waals surface area (Å²) < 4.78 is 22.7. The molecule has 0 saturated heterocycles. The minimum atomic E-state index is -3.76. The van der Waals surface area contributed by atoms with Crippen molar-refractivity contribution in [2.24, 2.45) is 5.14 Å². The van der Waals surface area contributed by atoms with Crippen molar-refractivity contribution in [1.82, 2.24) is 0 Å². The molecule has 2 rings (SSSR count). The van der Waals surface area contributed by atoms with E-state index in [-0.39, 0.29) is 16.2 Å². The van der Waals surface area contributed by atoms with E-state index >= 15 is 0 Å². The molecule has 1 amide bonds. The third-order valence-electron chi connectivity index (χ3n) is 2.65. The number of carbonyl (C=O) groups is 1. The zero-order valence-electron chi connectivity index (χ0n) is 10.6. The van der Waals surface area contributed by atoms with Crippen molar-refractivity contribution in [3.05, 3.63) is 52.5 Å². The molecular weight excluding hydrogens is 360 g/mol. The van der Waals surface area contributed by atoms with Crippen LogP contribution in [-0.2, 0) is 10.0 Å². The van der Waals surface area contributed by atoms with Crippen LogP contribution in [0.4, 0.5) is 5.69 Å². The van der Waals surface area contributed by atoms with Crippen molar-refractivity contribution in [3.8, 4) is 5.75 Å². The monoisotopic (exact) mass is 370 g/mol. The van der Waals surface area contributed by atoms with Crippen LogP contribution in [0.1, 0.15) is 10.4 Å². The summed E-state index contributed by atoms with van der Waals surface area (Å²) in [6.07, 6.45) is 0. The Bertz CT molecular complexity index is 788. The van der Waals surface area contributed by atoms with Crippen molar-refractivity contribution in [3.63, 3.8) is 0 Å². The Morgan fingerprint density at radius 2 is 1.76 bits per heavy atom. The number of primary sulfonamides is 1. The van der Waals surface area contributed by atoms with Gasteiger partial charge in [0.25, 0.3) is 5.91 Å². The van der Waals surface area contributed by atoms with Gasteiger partial charge in [-0.3, -0.25) is 4.79 Å². The fraction of sp³-hybridized carbons (Fsp3) is 0. The highest BCUT2D eigenvalue weighted by molar-refractivity contribution is 9.10. The van der Waals surface area contributed by atoms with Crippen molar-refractivity contribution < 1.29 is 18.3 Å². The Kier molecular flexibility index (Phi) is 4.31. The number of hydrogen-bond donors (Lipinski definition) is 3. The highest BCUT2D eigenvalue weighted by Gasteiger charge is 2.10. The van der Waals surface area contributed by atoms with Crippen LogP contribution in [0.5, 0.6) is 5.75 Å². The number of phenolic OH excluding ortho intramolecular Hbond substituents is 1.